The molecule has 1 aliphatic carbocycles. The van der Waals surface area contributed by atoms with E-state index in [2.05, 4.69) is 12.2 Å². The first-order chi connectivity index (χ1) is 9.82. The summed E-state index contributed by atoms with van der Waals surface area (Å²) in [5, 5.41) is 3.02. The third kappa shape index (κ3) is 3.76. The molecule has 0 radical (unpaired) electrons. The van der Waals surface area contributed by atoms with Gasteiger partial charge in [-0.05, 0) is 49.9 Å². The maximum Gasteiger partial charge on any atom is 0.416 e. The van der Waals surface area contributed by atoms with Gasteiger partial charge in [-0.15, -0.1) is 0 Å². The number of hydrogen-bond acceptors (Lipinski definition) is 1. The highest BCUT2D eigenvalue weighted by atomic mass is 19.4. The van der Waals surface area contributed by atoms with Crippen molar-refractivity contribution in [2.75, 3.05) is 7.05 Å². The molecule has 1 fully saturated rings. The Kier molecular flexibility index (Phi) is 4.91. The lowest BCUT2D eigenvalue weighted by Crippen LogP contribution is -2.29. The van der Waals surface area contributed by atoms with E-state index in [1.165, 1.54) is 0 Å². The van der Waals surface area contributed by atoms with Crippen molar-refractivity contribution in [3.8, 4) is 0 Å². The molecule has 0 bridgehead atoms. The maximum absolute atomic E-state index is 14.0. The zero-order valence-corrected chi connectivity index (χ0v) is 12.3. The predicted octanol–water partition coefficient (Wildman–Crippen LogP) is 4.93. The summed E-state index contributed by atoms with van der Waals surface area (Å²) in [5.41, 5.74) is -0.657. The third-order valence-corrected chi connectivity index (χ3v) is 4.50. The summed E-state index contributed by atoms with van der Waals surface area (Å²) in [4.78, 5) is 0. The van der Waals surface area contributed by atoms with Gasteiger partial charge in [0.05, 0.1) is 5.56 Å². The molecular formula is C16H21F4N. The van der Waals surface area contributed by atoms with Crippen LogP contribution in [0.5, 0.6) is 0 Å². The molecule has 1 N–H and O–H groups in total. The van der Waals surface area contributed by atoms with Crippen LogP contribution in [0.15, 0.2) is 18.2 Å². The van der Waals surface area contributed by atoms with Crippen molar-refractivity contribution in [2.45, 2.75) is 44.8 Å². The molecule has 1 saturated carbocycles. The van der Waals surface area contributed by atoms with Crippen LogP contribution in [0.2, 0.25) is 0 Å². The summed E-state index contributed by atoms with van der Waals surface area (Å²) >= 11 is 0. The Morgan fingerprint density at radius 1 is 1.14 bits per heavy atom. The van der Waals surface area contributed by atoms with E-state index in [9.17, 15) is 17.6 Å². The second-order valence-electron chi connectivity index (χ2n) is 6.02. The van der Waals surface area contributed by atoms with Gasteiger partial charge in [0.2, 0.25) is 0 Å². The Bertz CT molecular complexity index is 476. The Morgan fingerprint density at radius 3 is 2.29 bits per heavy atom. The van der Waals surface area contributed by atoms with E-state index in [4.69, 9.17) is 0 Å². The standard InChI is InChI=1S/C16H21F4N/c1-10-3-5-11(6-4-10)15(21-2)13-9-12(16(18,19)20)7-8-14(13)17/h7-11,15,21H,3-6H2,1-2H3. The van der Waals surface area contributed by atoms with Gasteiger partial charge in [-0.25, -0.2) is 4.39 Å². The zero-order valence-electron chi connectivity index (χ0n) is 12.3. The molecular weight excluding hydrogens is 282 g/mol. The van der Waals surface area contributed by atoms with Crippen LogP contribution in [0.4, 0.5) is 17.6 Å². The van der Waals surface area contributed by atoms with Crippen molar-refractivity contribution in [2.24, 2.45) is 11.8 Å². The van der Waals surface area contributed by atoms with Crippen LogP contribution in [0, 0.1) is 17.7 Å². The third-order valence-electron chi connectivity index (χ3n) is 4.50. The van der Waals surface area contributed by atoms with Crippen LogP contribution in [0.1, 0.15) is 49.8 Å². The summed E-state index contributed by atoms with van der Waals surface area (Å²) < 4.78 is 52.5. The van der Waals surface area contributed by atoms with Gasteiger partial charge in [0.15, 0.2) is 0 Å². The van der Waals surface area contributed by atoms with E-state index in [0.29, 0.717) is 5.92 Å². The molecule has 0 saturated heterocycles. The molecule has 0 aliphatic heterocycles. The summed E-state index contributed by atoms with van der Waals surface area (Å²) in [6, 6.07) is 2.32. The smallest absolute Gasteiger partial charge is 0.313 e. The largest absolute Gasteiger partial charge is 0.416 e. The highest BCUT2D eigenvalue weighted by Crippen LogP contribution is 2.39. The van der Waals surface area contributed by atoms with Gasteiger partial charge in [0.1, 0.15) is 5.82 Å². The molecule has 2 rings (SSSR count). The summed E-state index contributed by atoms with van der Waals surface area (Å²) in [6.45, 7) is 2.18. The van der Waals surface area contributed by atoms with Crippen LogP contribution < -0.4 is 5.32 Å². The molecule has 1 aromatic carbocycles. The molecule has 0 aromatic heterocycles. The van der Waals surface area contributed by atoms with Gasteiger partial charge in [-0.3, -0.25) is 0 Å². The maximum atomic E-state index is 14.0. The lowest BCUT2D eigenvalue weighted by Gasteiger charge is -2.33. The average molecular weight is 303 g/mol. The fraction of sp³-hybridized carbons (Fsp3) is 0.625. The fourth-order valence-electron chi connectivity index (χ4n) is 3.22. The fourth-order valence-corrected chi connectivity index (χ4v) is 3.22. The monoisotopic (exact) mass is 303 g/mol. The van der Waals surface area contributed by atoms with Crippen molar-refractivity contribution < 1.29 is 17.6 Å². The lowest BCUT2D eigenvalue weighted by molar-refractivity contribution is -0.137. The molecule has 0 amide bonds. The first kappa shape index (κ1) is 16.3. The summed E-state index contributed by atoms with van der Waals surface area (Å²) in [6.07, 6.45) is -0.514. The van der Waals surface area contributed by atoms with Crippen LogP contribution in [-0.2, 0) is 6.18 Å². The summed E-state index contributed by atoms with van der Waals surface area (Å²) in [5.74, 6) is 0.260. The van der Waals surface area contributed by atoms with Gasteiger partial charge < -0.3 is 5.32 Å². The van der Waals surface area contributed by atoms with Crippen molar-refractivity contribution in [3.63, 3.8) is 0 Å². The van der Waals surface area contributed by atoms with E-state index in [1.807, 2.05) is 0 Å². The van der Waals surface area contributed by atoms with Crippen molar-refractivity contribution in [1.29, 1.82) is 0 Å². The zero-order chi connectivity index (χ0) is 15.6. The van der Waals surface area contributed by atoms with Crippen LogP contribution >= 0.6 is 0 Å². The number of nitrogens with one attached hydrogen (secondary N) is 1. The quantitative estimate of drug-likeness (QED) is 0.781. The van der Waals surface area contributed by atoms with E-state index < -0.39 is 17.6 Å². The molecule has 1 atom stereocenters. The molecule has 1 nitrogen and oxygen atoms in total. The minimum atomic E-state index is -4.44. The molecule has 118 valence electrons. The Balaban J connectivity index is 2.29. The first-order valence-electron chi connectivity index (χ1n) is 7.36. The SMILES string of the molecule is CNC(c1cc(C(F)(F)F)ccc1F)C1CCC(C)CC1. The normalized spacial score (nSPS) is 24.9. The van der Waals surface area contributed by atoms with E-state index in [0.717, 1.165) is 43.9 Å². The van der Waals surface area contributed by atoms with E-state index in [1.54, 1.807) is 7.05 Å². The highest BCUT2D eigenvalue weighted by Gasteiger charge is 2.33. The van der Waals surface area contributed by atoms with E-state index >= 15 is 0 Å². The lowest BCUT2D eigenvalue weighted by atomic mass is 9.77. The van der Waals surface area contributed by atoms with Gasteiger partial charge in [0, 0.05) is 11.6 Å². The molecule has 0 spiro atoms. The number of benzene rings is 1. The van der Waals surface area contributed by atoms with Crippen LogP contribution in [0.25, 0.3) is 0 Å². The molecule has 1 aromatic rings. The van der Waals surface area contributed by atoms with Crippen molar-refractivity contribution in [1.82, 2.24) is 5.32 Å². The second-order valence-corrected chi connectivity index (χ2v) is 6.02. The molecule has 1 unspecified atom stereocenters. The molecule has 21 heavy (non-hydrogen) atoms. The van der Waals surface area contributed by atoms with Crippen LogP contribution in [-0.4, -0.2) is 7.05 Å². The Labute approximate surface area is 122 Å². The van der Waals surface area contributed by atoms with Gasteiger partial charge in [-0.1, -0.05) is 19.8 Å². The first-order valence-corrected chi connectivity index (χ1v) is 7.36. The molecule has 5 heteroatoms. The summed E-state index contributed by atoms with van der Waals surface area (Å²) in [7, 11) is 1.68. The van der Waals surface area contributed by atoms with Gasteiger partial charge in [-0.2, -0.15) is 13.2 Å². The predicted molar refractivity (Wildman–Crippen MR) is 74.3 cm³/mol. The number of rotatable bonds is 3. The van der Waals surface area contributed by atoms with Crippen molar-refractivity contribution in [3.05, 3.63) is 35.1 Å². The number of halogens is 4. The van der Waals surface area contributed by atoms with Crippen LogP contribution in [0.3, 0.4) is 0 Å². The number of alkyl halides is 3. The van der Waals surface area contributed by atoms with E-state index in [-0.39, 0.29) is 17.5 Å². The molecule has 1 aliphatic rings. The number of hydrogen-bond donors (Lipinski definition) is 1. The highest BCUT2D eigenvalue weighted by molar-refractivity contribution is 5.30. The minimum Gasteiger partial charge on any atom is -0.313 e. The molecule has 0 heterocycles. The second kappa shape index (κ2) is 6.34. The van der Waals surface area contributed by atoms with Gasteiger partial charge >= 0.3 is 6.18 Å². The Hall–Kier alpha value is -1.10. The topological polar surface area (TPSA) is 12.0 Å². The Morgan fingerprint density at radius 2 is 1.76 bits per heavy atom. The van der Waals surface area contributed by atoms with Gasteiger partial charge in [0.25, 0.3) is 0 Å². The average Bonchev–Trinajstić information content (AvgIpc) is 2.42. The minimum absolute atomic E-state index is 0.131. The van der Waals surface area contributed by atoms with Crippen molar-refractivity contribution >= 4 is 0 Å².